The van der Waals surface area contributed by atoms with Gasteiger partial charge in [0.15, 0.2) is 6.61 Å². The van der Waals surface area contributed by atoms with Crippen molar-refractivity contribution in [1.29, 1.82) is 0 Å². The molecule has 0 radical (unpaired) electrons. The standard InChI is InChI=1S/C30H37ClN4O6/c31-22-12-17(16-4-5-16)6-9-24(22)41-15-25(36)35-14-19-2-1-3-21(19)26(35)29(39)34-23(13-18-10-11-32-28(18)38)27(37)30(40)33-20-7-8-20/h6,9,12,16,18-21,23,26H,1-5,7-8,10-11,13-15H2,(H,32,38)(H,33,40)(H,34,39)/t18-,19-,21-,23-,26-/m0/s1. The maximum absolute atomic E-state index is 13.8. The van der Waals surface area contributed by atoms with Crippen LogP contribution in [0.3, 0.4) is 0 Å². The summed E-state index contributed by atoms with van der Waals surface area (Å²) >= 11 is 6.42. The Morgan fingerprint density at radius 1 is 1.07 bits per heavy atom. The first-order valence-corrected chi connectivity index (χ1v) is 15.3. The van der Waals surface area contributed by atoms with Gasteiger partial charge in [-0.25, -0.2) is 0 Å². The Balaban J connectivity index is 1.15. The van der Waals surface area contributed by atoms with Gasteiger partial charge in [0, 0.05) is 25.0 Å². The molecule has 0 spiro atoms. The lowest BCUT2D eigenvalue weighted by Gasteiger charge is -2.29. The van der Waals surface area contributed by atoms with Crippen molar-refractivity contribution in [1.82, 2.24) is 20.9 Å². The first-order chi connectivity index (χ1) is 19.8. The van der Waals surface area contributed by atoms with Gasteiger partial charge in [-0.05, 0) is 86.8 Å². The van der Waals surface area contributed by atoms with Crippen molar-refractivity contribution in [3.8, 4) is 5.75 Å². The SMILES string of the molecule is O=C(NC1CC1)C(=O)[C@H](C[C@@H]1CCNC1=O)NC(=O)[C@@H]1[C@H]2CCC[C@H]2CN1C(=O)COc1ccc(C2CC2)cc1Cl. The monoisotopic (exact) mass is 584 g/mol. The molecular formula is C30H37ClN4O6. The fourth-order valence-corrected chi connectivity index (χ4v) is 6.95. The number of hydrogen-bond acceptors (Lipinski definition) is 6. The molecule has 41 heavy (non-hydrogen) atoms. The summed E-state index contributed by atoms with van der Waals surface area (Å²) in [4.78, 5) is 66.9. The number of fused-ring (bicyclic) bond motifs is 1. The molecule has 0 unspecified atom stereocenters. The number of rotatable bonds is 11. The van der Waals surface area contributed by atoms with Crippen molar-refractivity contribution in [3.05, 3.63) is 28.8 Å². The number of ketones is 1. The molecule has 5 fully saturated rings. The number of ether oxygens (including phenoxy) is 1. The topological polar surface area (TPSA) is 134 Å². The van der Waals surface area contributed by atoms with E-state index in [2.05, 4.69) is 16.0 Å². The molecule has 2 aliphatic heterocycles. The maximum Gasteiger partial charge on any atom is 0.289 e. The minimum atomic E-state index is -1.15. The van der Waals surface area contributed by atoms with Gasteiger partial charge < -0.3 is 25.6 Å². The lowest BCUT2D eigenvalue weighted by atomic mass is 9.91. The lowest BCUT2D eigenvalue weighted by Crippen LogP contribution is -2.55. The molecule has 10 nitrogen and oxygen atoms in total. The number of halogens is 1. The summed E-state index contributed by atoms with van der Waals surface area (Å²) in [7, 11) is 0. The zero-order chi connectivity index (χ0) is 28.7. The predicted molar refractivity (Wildman–Crippen MR) is 149 cm³/mol. The first kappa shape index (κ1) is 28.0. The number of carbonyl (C=O) groups excluding carboxylic acids is 5. The Bertz CT molecular complexity index is 1250. The van der Waals surface area contributed by atoms with E-state index in [-0.39, 0.29) is 42.7 Å². The van der Waals surface area contributed by atoms with Crippen LogP contribution in [0, 0.1) is 17.8 Å². The molecule has 2 heterocycles. The average molecular weight is 585 g/mol. The maximum atomic E-state index is 13.8. The van der Waals surface area contributed by atoms with Gasteiger partial charge in [0.05, 0.1) is 11.1 Å². The van der Waals surface area contributed by atoms with Crippen LogP contribution in [0.5, 0.6) is 5.75 Å². The van der Waals surface area contributed by atoms with Crippen LogP contribution in [-0.4, -0.2) is 72.1 Å². The second-order valence-electron chi connectivity index (χ2n) is 12.3. The Labute approximate surface area is 244 Å². The summed E-state index contributed by atoms with van der Waals surface area (Å²) in [5, 5.41) is 8.70. The third-order valence-electron chi connectivity index (χ3n) is 9.29. The number of nitrogens with zero attached hydrogens (tertiary/aromatic N) is 1. The highest BCUT2D eigenvalue weighted by atomic mass is 35.5. The zero-order valence-corrected chi connectivity index (χ0v) is 23.8. The van der Waals surface area contributed by atoms with Crippen molar-refractivity contribution in [2.45, 2.75) is 81.8 Å². The van der Waals surface area contributed by atoms with Crippen LogP contribution in [0.4, 0.5) is 0 Å². The van der Waals surface area contributed by atoms with E-state index in [0.717, 1.165) is 44.9 Å². The third-order valence-corrected chi connectivity index (χ3v) is 9.58. The lowest BCUT2D eigenvalue weighted by molar-refractivity contribution is -0.143. The number of Topliss-reactive ketones (excluding diaryl/α,β-unsaturated/α-hetero) is 1. The van der Waals surface area contributed by atoms with Crippen molar-refractivity contribution in [2.24, 2.45) is 17.8 Å². The number of hydrogen-bond donors (Lipinski definition) is 3. The highest BCUT2D eigenvalue weighted by molar-refractivity contribution is 6.38. The second kappa shape index (κ2) is 11.6. The first-order valence-electron chi connectivity index (χ1n) is 14.9. The number of benzene rings is 1. The van der Waals surface area contributed by atoms with E-state index in [1.807, 2.05) is 12.1 Å². The Kier molecular flexibility index (Phi) is 7.94. The molecule has 3 aliphatic carbocycles. The Hall–Kier alpha value is -3.14. The highest BCUT2D eigenvalue weighted by Crippen LogP contribution is 2.43. The second-order valence-corrected chi connectivity index (χ2v) is 12.7. The van der Waals surface area contributed by atoms with E-state index >= 15 is 0 Å². The van der Waals surface area contributed by atoms with Gasteiger partial charge in [0.25, 0.3) is 11.8 Å². The largest absolute Gasteiger partial charge is 0.482 e. The molecule has 1 aromatic carbocycles. The van der Waals surface area contributed by atoms with Crippen LogP contribution in [0.1, 0.15) is 69.3 Å². The number of amides is 4. The summed E-state index contributed by atoms with van der Waals surface area (Å²) in [6.07, 6.45) is 7.21. The van der Waals surface area contributed by atoms with Crippen LogP contribution in [0.25, 0.3) is 0 Å². The van der Waals surface area contributed by atoms with Crippen LogP contribution < -0.4 is 20.7 Å². The van der Waals surface area contributed by atoms with Crippen LogP contribution >= 0.6 is 11.6 Å². The minimum Gasteiger partial charge on any atom is -0.482 e. The smallest absolute Gasteiger partial charge is 0.289 e. The van der Waals surface area contributed by atoms with Gasteiger partial charge in [-0.15, -0.1) is 0 Å². The van der Waals surface area contributed by atoms with Gasteiger partial charge in [-0.3, -0.25) is 24.0 Å². The fourth-order valence-electron chi connectivity index (χ4n) is 6.71. The molecule has 6 rings (SSSR count). The molecule has 3 saturated carbocycles. The van der Waals surface area contributed by atoms with Crippen LogP contribution in [0.15, 0.2) is 18.2 Å². The van der Waals surface area contributed by atoms with Gasteiger partial charge in [-0.2, -0.15) is 0 Å². The van der Waals surface area contributed by atoms with E-state index in [4.69, 9.17) is 16.3 Å². The van der Waals surface area contributed by atoms with Gasteiger partial charge in [0.2, 0.25) is 17.6 Å². The predicted octanol–water partition coefficient (Wildman–Crippen LogP) is 2.08. The number of carbonyl (C=O) groups is 5. The molecule has 5 atom stereocenters. The molecule has 3 N–H and O–H groups in total. The Morgan fingerprint density at radius 3 is 2.56 bits per heavy atom. The van der Waals surface area contributed by atoms with Crippen molar-refractivity contribution < 1.29 is 28.7 Å². The van der Waals surface area contributed by atoms with Gasteiger partial charge in [0.1, 0.15) is 11.8 Å². The molecular weight excluding hydrogens is 548 g/mol. The van der Waals surface area contributed by atoms with E-state index in [0.29, 0.717) is 36.2 Å². The Morgan fingerprint density at radius 2 is 1.88 bits per heavy atom. The molecule has 11 heteroatoms. The molecule has 220 valence electrons. The molecule has 4 amide bonds. The molecule has 0 aromatic heterocycles. The number of nitrogens with one attached hydrogen (secondary N) is 3. The van der Waals surface area contributed by atoms with Crippen molar-refractivity contribution in [3.63, 3.8) is 0 Å². The summed E-state index contributed by atoms with van der Waals surface area (Å²) < 4.78 is 5.80. The van der Waals surface area contributed by atoms with E-state index in [1.54, 1.807) is 11.0 Å². The third kappa shape index (κ3) is 6.22. The van der Waals surface area contributed by atoms with Crippen LogP contribution in [0.2, 0.25) is 5.02 Å². The summed E-state index contributed by atoms with van der Waals surface area (Å²) in [6.45, 7) is 0.666. The zero-order valence-electron chi connectivity index (χ0n) is 23.0. The van der Waals surface area contributed by atoms with Crippen molar-refractivity contribution in [2.75, 3.05) is 19.7 Å². The summed E-state index contributed by atoms with van der Waals surface area (Å²) in [5.41, 5.74) is 1.17. The average Bonchev–Trinajstić information content (AvgIpc) is 3.84. The van der Waals surface area contributed by atoms with Crippen LogP contribution in [-0.2, 0) is 24.0 Å². The molecule has 5 aliphatic rings. The quantitative estimate of drug-likeness (QED) is 0.341. The van der Waals surface area contributed by atoms with E-state index in [9.17, 15) is 24.0 Å². The normalized spacial score (nSPS) is 27.6. The van der Waals surface area contributed by atoms with Gasteiger partial charge in [-0.1, -0.05) is 24.1 Å². The van der Waals surface area contributed by atoms with Crippen molar-refractivity contribution >= 4 is 41.0 Å². The summed E-state index contributed by atoms with van der Waals surface area (Å²) in [6, 6.07) is 3.71. The molecule has 1 aromatic rings. The van der Waals surface area contributed by atoms with E-state index < -0.39 is 35.6 Å². The highest BCUT2D eigenvalue weighted by Gasteiger charge is 2.50. The van der Waals surface area contributed by atoms with E-state index in [1.165, 1.54) is 5.56 Å². The number of likely N-dealkylation sites (tertiary alicyclic amines) is 1. The summed E-state index contributed by atoms with van der Waals surface area (Å²) in [5.74, 6) is -1.82. The molecule has 0 bridgehead atoms. The molecule has 2 saturated heterocycles. The minimum absolute atomic E-state index is 0.0156. The van der Waals surface area contributed by atoms with Gasteiger partial charge >= 0.3 is 0 Å². The fraction of sp³-hybridized carbons (Fsp3) is 0.633.